The van der Waals surface area contributed by atoms with Gasteiger partial charge in [0, 0.05) is 67.9 Å². The van der Waals surface area contributed by atoms with Crippen molar-refractivity contribution in [1.29, 1.82) is 0 Å². The Kier molecular flexibility index (Phi) is 15.7. The molecule has 2 rings (SSSR count). The smallest absolute Gasteiger partial charge is 0.417 e. The first kappa shape index (κ1) is 45.2. The molecule has 0 spiro atoms. The molecule has 14 nitrogen and oxygen atoms in total. The third-order valence-electron chi connectivity index (χ3n) is 6.65. The van der Waals surface area contributed by atoms with Crippen molar-refractivity contribution in [3.05, 3.63) is 34.6 Å². The van der Waals surface area contributed by atoms with Gasteiger partial charge in [0.25, 0.3) is 0 Å². The van der Waals surface area contributed by atoms with Crippen LogP contribution in [0.1, 0.15) is 5.56 Å². The van der Waals surface area contributed by atoms with Gasteiger partial charge in [-0.1, -0.05) is 0 Å². The summed E-state index contributed by atoms with van der Waals surface area (Å²) in [5.41, 5.74) is -0.988. The summed E-state index contributed by atoms with van der Waals surface area (Å²) in [6.45, 7) is 13.5. The summed E-state index contributed by atoms with van der Waals surface area (Å²) in [5.74, 6) is -10.2. The van der Waals surface area contributed by atoms with E-state index in [1.54, 1.807) is 19.6 Å². The van der Waals surface area contributed by atoms with Gasteiger partial charge in [-0.2, -0.15) is 0 Å². The molecular weight excluding hydrogens is 808 g/mol. The van der Waals surface area contributed by atoms with Crippen LogP contribution in [-0.4, -0.2) is 113 Å². The van der Waals surface area contributed by atoms with Crippen LogP contribution in [0, 0.1) is 29.1 Å². The third kappa shape index (κ3) is 11.8. The Morgan fingerprint density at radius 2 is 1.00 bits per heavy atom. The highest BCUT2D eigenvalue weighted by atomic mass is 28.6. The minimum Gasteiger partial charge on any atom is -0.417 e. The van der Waals surface area contributed by atoms with Crippen molar-refractivity contribution in [3.8, 4) is 0 Å². The van der Waals surface area contributed by atoms with Gasteiger partial charge in [0.15, 0.2) is 39.9 Å². The lowest BCUT2D eigenvalue weighted by Gasteiger charge is -2.45. The normalized spacial score (nSPS) is 27.5. The molecule has 49 heavy (non-hydrogen) atoms. The van der Waals surface area contributed by atoms with Crippen LogP contribution >= 0.6 is 0 Å². The maximum atomic E-state index is 14.6. The quantitative estimate of drug-likeness (QED) is 0.119. The molecule has 0 bridgehead atoms. The van der Waals surface area contributed by atoms with E-state index < -0.39 is 112 Å². The van der Waals surface area contributed by atoms with E-state index in [-0.39, 0.29) is 6.04 Å². The fourth-order valence-electron chi connectivity index (χ4n) is 4.28. The first-order valence-corrected chi connectivity index (χ1v) is 32.3. The molecule has 285 valence electrons. The molecule has 0 aromatic heterocycles. The van der Waals surface area contributed by atoms with E-state index >= 15 is 0 Å². The van der Waals surface area contributed by atoms with Crippen LogP contribution < -0.4 is 0 Å². The highest BCUT2D eigenvalue weighted by Crippen LogP contribution is 2.34. The molecule has 3 unspecified atom stereocenters. The Morgan fingerprint density at radius 3 is 1.43 bits per heavy atom. The molecule has 0 saturated carbocycles. The fraction of sp³-hybridized carbons (Fsp3) is 0.727. The summed E-state index contributed by atoms with van der Waals surface area (Å²) in [4.78, 5) is 0. The van der Waals surface area contributed by atoms with Crippen LogP contribution in [0.3, 0.4) is 0 Å². The predicted octanol–water partition coefficient (Wildman–Crippen LogP) is 4.55. The van der Waals surface area contributed by atoms with Gasteiger partial charge in [0.2, 0.25) is 5.82 Å². The Hall–Kier alpha value is 0.0451. The average molecular weight is 854 g/mol. The first-order chi connectivity index (χ1) is 22.3. The number of hydrogen-bond donors (Lipinski definition) is 0. The molecule has 1 radical (unpaired) electrons. The van der Waals surface area contributed by atoms with Crippen LogP contribution in [0.4, 0.5) is 22.0 Å². The second kappa shape index (κ2) is 17.0. The molecule has 1 aliphatic rings. The van der Waals surface area contributed by atoms with Crippen LogP contribution in [0.15, 0.2) is 0 Å². The summed E-state index contributed by atoms with van der Waals surface area (Å²) < 4.78 is 156. The second-order valence-corrected chi connectivity index (χ2v) is 37.2. The highest BCUT2D eigenvalue weighted by molar-refractivity contribution is 6.89. The van der Waals surface area contributed by atoms with Crippen molar-refractivity contribution in [1.82, 2.24) is 0 Å². The van der Waals surface area contributed by atoms with E-state index in [4.69, 9.17) is 59.5 Å². The monoisotopic (exact) mass is 853 g/mol. The molecule has 3 atom stereocenters. The van der Waals surface area contributed by atoms with Crippen LogP contribution in [0.5, 0.6) is 0 Å². The van der Waals surface area contributed by atoms with Gasteiger partial charge in [-0.25, -0.2) is 22.0 Å². The Balaban J connectivity index is 2.70. The van der Waals surface area contributed by atoms with Gasteiger partial charge >= 0.3 is 54.0 Å². The summed E-state index contributed by atoms with van der Waals surface area (Å²) >= 11 is 0. The molecule has 1 heterocycles. The SMILES string of the molecule is CO[Si]1(C)O[Si](O[Si](C)(C)C)O[Si](OC)(OC)O[Si](OC)(OC)O[Si](C)(O[Si](C)(C)CCc2c(F)c(F)c(F)c(F)c2F)O[Si](C)(OC)O1. The standard InChI is InChI=1S/C22H46F5O14Si8/c1-28-45(12)35-42(34-43(7,8)9)36-48(30-3,31-4)41-49(32-5,33-6)40-47(14,39-46(13,29-2)38-45)37-44(10,11)16-15-17-18(23)20(25)22(27)21(26)19(17)24/h15-16H2,1-14H3. The zero-order valence-electron chi connectivity index (χ0n) is 30.0. The van der Waals surface area contributed by atoms with Gasteiger partial charge in [0.05, 0.1) is 0 Å². The average Bonchev–Trinajstić information content (AvgIpc) is 3.00. The van der Waals surface area contributed by atoms with Crippen molar-refractivity contribution in [3.63, 3.8) is 0 Å². The van der Waals surface area contributed by atoms with E-state index in [9.17, 15) is 22.0 Å². The van der Waals surface area contributed by atoms with Crippen LogP contribution in [-0.2, 0) is 65.9 Å². The van der Waals surface area contributed by atoms with E-state index in [0.29, 0.717) is 0 Å². The molecule has 0 amide bonds. The highest BCUT2D eigenvalue weighted by Gasteiger charge is 2.67. The first-order valence-electron chi connectivity index (χ1n) is 14.6. The maximum Gasteiger partial charge on any atom is 0.665 e. The minimum absolute atomic E-state index is 0.159. The number of hydrogen-bond acceptors (Lipinski definition) is 14. The Labute approximate surface area is 293 Å². The second-order valence-electron chi connectivity index (χ2n) is 12.3. The lowest BCUT2D eigenvalue weighted by molar-refractivity contribution is -0.0191. The van der Waals surface area contributed by atoms with Crippen molar-refractivity contribution in [2.75, 3.05) is 42.7 Å². The van der Waals surface area contributed by atoms with Crippen LogP contribution in [0.2, 0.25) is 58.4 Å². The van der Waals surface area contributed by atoms with Gasteiger partial charge in [0.1, 0.15) is 0 Å². The molecule has 27 heteroatoms. The Bertz CT molecular complexity index is 1250. The third-order valence-corrected chi connectivity index (χ3v) is 32.6. The molecule has 1 fully saturated rings. The Morgan fingerprint density at radius 1 is 0.551 bits per heavy atom. The summed E-state index contributed by atoms with van der Waals surface area (Å²) in [6, 6.07) is -0.159. The molecule has 1 aromatic rings. The molecule has 1 saturated heterocycles. The van der Waals surface area contributed by atoms with Crippen molar-refractivity contribution in [2.45, 2.75) is 64.8 Å². The van der Waals surface area contributed by atoms with Crippen LogP contribution in [0.25, 0.3) is 0 Å². The van der Waals surface area contributed by atoms with E-state index in [2.05, 4.69) is 0 Å². The molecule has 1 aliphatic heterocycles. The summed E-state index contributed by atoms with van der Waals surface area (Å²) in [6.07, 6.45) is -0.569. The zero-order valence-corrected chi connectivity index (χ0v) is 38.0. The summed E-state index contributed by atoms with van der Waals surface area (Å²) in [5, 5.41) is 0. The van der Waals surface area contributed by atoms with E-state index in [0.717, 1.165) is 0 Å². The van der Waals surface area contributed by atoms with Crippen molar-refractivity contribution in [2.24, 2.45) is 0 Å². The molecule has 0 aliphatic carbocycles. The summed E-state index contributed by atoms with van der Waals surface area (Å²) in [7, 11) is -21.6. The topological polar surface area (TPSA) is 129 Å². The van der Waals surface area contributed by atoms with E-state index in [1.165, 1.54) is 55.8 Å². The number of halogens is 5. The van der Waals surface area contributed by atoms with E-state index in [1.807, 2.05) is 19.6 Å². The fourth-order valence-corrected chi connectivity index (χ4v) is 31.8. The van der Waals surface area contributed by atoms with Gasteiger partial charge in [-0.3, -0.25) is 0 Å². The van der Waals surface area contributed by atoms with Gasteiger partial charge in [-0.15, -0.1) is 0 Å². The van der Waals surface area contributed by atoms with Crippen molar-refractivity contribution >= 4 is 70.7 Å². The molecular formula is C22H46F5O14Si8. The largest absolute Gasteiger partial charge is 0.665 e. The van der Waals surface area contributed by atoms with Gasteiger partial charge in [-0.05, 0) is 45.2 Å². The number of rotatable bonds is 13. The maximum absolute atomic E-state index is 14.6. The van der Waals surface area contributed by atoms with Crippen molar-refractivity contribution < 1.29 is 81.4 Å². The minimum atomic E-state index is -4.49. The zero-order chi connectivity index (χ0) is 37.9. The predicted molar refractivity (Wildman–Crippen MR) is 178 cm³/mol. The van der Waals surface area contributed by atoms with Gasteiger partial charge < -0.3 is 59.5 Å². The molecule has 1 aromatic carbocycles. The lowest BCUT2D eigenvalue weighted by atomic mass is 10.1. The number of benzene rings is 1. The molecule has 0 N–H and O–H groups in total. The lowest BCUT2D eigenvalue weighted by Crippen LogP contribution is -2.71.